The molecule has 5 heteroatoms. The van der Waals surface area contributed by atoms with Crippen LogP contribution in [0.2, 0.25) is 0 Å². The molecule has 1 aliphatic rings. The largest absolute Gasteiger partial charge is 0.496 e. The minimum absolute atomic E-state index is 0.536. The van der Waals surface area contributed by atoms with Crippen LogP contribution in [0.25, 0.3) is 0 Å². The normalized spacial score (nSPS) is 17.1. The van der Waals surface area contributed by atoms with E-state index in [9.17, 15) is 0 Å². The maximum atomic E-state index is 8.69. The van der Waals surface area contributed by atoms with Crippen molar-refractivity contribution in [2.24, 2.45) is 0 Å². The van der Waals surface area contributed by atoms with Crippen LogP contribution in [0, 0.1) is 11.3 Å². The Morgan fingerprint density at radius 3 is 2.58 bits per heavy atom. The van der Waals surface area contributed by atoms with Gasteiger partial charge in [-0.1, -0.05) is 15.9 Å². The number of ether oxygens (including phenoxy) is 1. The van der Waals surface area contributed by atoms with E-state index in [2.05, 4.69) is 37.9 Å². The van der Waals surface area contributed by atoms with Crippen LogP contribution in [0.4, 0.5) is 0 Å². The summed E-state index contributed by atoms with van der Waals surface area (Å²) in [6, 6.07) is 8.31. The first-order valence-corrected chi connectivity index (χ1v) is 7.16. The molecule has 1 fully saturated rings. The molecule has 1 saturated heterocycles. The molecule has 19 heavy (non-hydrogen) atoms. The highest BCUT2D eigenvalue weighted by Gasteiger charge is 2.17. The lowest BCUT2D eigenvalue weighted by atomic mass is 10.1. The van der Waals surface area contributed by atoms with Crippen LogP contribution in [0.1, 0.15) is 5.56 Å². The highest BCUT2D eigenvalue weighted by atomic mass is 79.9. The predicted molar refractivity (Wildman–Crippen MR) is 78.0 cm³/mol. The Balaban J connectivity index is 1.95. The fourth-order valence-corrected chi connectivity index (χ4v) is 2.73. The zero-order chi connectivity index (χ0) is 13.7. The third-order valence-corrected chi connectivity index (χ3v) is 3.89. The highest BCUT2D eigenvalue weighted by Crippen LogP contribution is 2.24. The van der Waals surface area contributed by atoms with Crippen molar-refractivity contribution in [2.75, 3.05) is 39.8 Å². The third kappa shape index (κ3) is 3.93. The zero-order valence-electron chi connectivity index (χ0n) is 11.1. The Hall–Kier alpha value is -1.09. The molecular formula is C14H18BrN3O. The second-order valence-corrected chi connectivity index (χ2v) is 5.58. The third-order valence-electron chi connectivity index (χ3n) is 3.40. The number of methoxy groups -OCH3 is 1. The summed E-state index contributed by atoms with van der Waals surface area (Å²) in [5.41, 5.74) is 1.20. The Labute approximate surface area is 122 Å². The number of benzene rings is 1. The summed E-state index contributed by atoms with van der Waals surface area (Å²) in [6.45, 7) is 5.35. The monoisotopic (exact) mass is 323 g/mol. The molecule has 102 valence electrons. The van der Waals surface area contributed by atoms with Gasteiger partial charge < -0.3 is 4.74 Å². The van der Waals surface area contributed by atoms with E-state index in [1.54, 1.807) is 7.11 Å². The number of piperazine rings is 1. The molecule has 0 amide bonds. The fourth-order valence-electron chi connectivity index (χ4n) is 2.32. The van der Waals surface area contributed by atoms with Crippen molar-refractivity contribution < 1.29 is 4.74 Å². The molecule has 0 N–H and O–H groups in total. The second kappa shape index (κ2) is 6.90. The lowest BCUT2D eigenvalue weighted by Gasteiger charge is -2.33. The standard InChI is InChI=1S/C14H18BrN3O/c1-19-14-3-2-13(15)10-12(14)11-18-8-6-17(5-4-16)7-9-18/h2-3,10H,5-9,11H2,1H3. The SMILES string of the molecule is COc1ccc(Br)cc1CN1CCN(CC#N)CC1. The first-order chi connectivity index (χ1) is 9.22. The lowest BCUT2D eigenvalue weighted by Crippen LogP contribution is -2.45. The van der Waals surface area contributed by atoms with Crippen LogP contribution in [-0.2, 0) is 6.54 Å². The summed E-state index contributed by atoms with van der Waals surface area (Å²) < 4.78 is 6.48. The second-order valence-electron chi connectivity index (χ2n) is 4.67. The number of nitrogens with zero attached hydrogens (tertiary/aromatic N) is 3. The lowest BCUT2D eigenvalue weighted by molar-refractivity contribution is 0.137. The van der Waals surface area contributed by atoms with Crippen molar-refractivity contribution >= 4 is 15.9 Å². The summed E-state index contributed by atoms with van der Waals surface area (Å²) in [4.78, 5) is 4.59. The molecule has 0 spiro atoms. The van der Waals surface area contributed by atoms with Crippen LogP contribution in [0.5, 0.6) is 5.75 Å². The van der Waals surface area contributed by atoms with E-state index in [1.165, 1.54) is 5.56 Å². The number of nitriles is 1. The molecule has 1 aromatic carbocycles. The summed E-state index contributed by atoms with van der Waals surface area (Å²) in [7, 11) is 1.71. The van der Waals surface area contributed by atoms with Crippen molar-refractivity contribution in [3.8, 4) is 11.8 Å². The van der Waals surface area contributed by atoms with E-state index < -0.39 is 0 Å². The number of hydrogen-bond donors (Lipinski definition) is 0. The summed E-state index contributed by atoms with van der Waals surface area (Å²) >= 11 is 3.50. The van der Waals surface area contributed by atoms with Crippen molar-refractivity contribution in [3.63, 3.8) is 0 Å². The van der Waals surface area contributed by atoms with Crippen molar-refractivity contribution in [3.05, 3.63) is 28.2 Å². The van der Waals surface area contributed by atoms with Gasteiger partial charge >= 0.3 is 0 Å². The summed E-state index contributed by atoms with van der Waals surface area (Å²) in [5, 5.41) is 8.69. The van der Waals surface area contributed by atoms with Crippen LogP contribution >= 0.6 is 15.9 Å². The Morgan fingerprint density at radius 1 is 1.26 bits per heavy atom. The first kappa shape index (κ1) is 14.3. The molecule has 0 aliphatic carbocycles. The number of rotatable bonds is 4. The molecule has 0 aromatic heterocycles. The van der Waals surface area contributed by atoms with E-state index in [1.807, 2.05) is 12.1 Å². The van der Waals surface area contributed by atoms with Gasteiger partial charge in [-0.25, -0.2) is 0 Å². The van der Waals surface area contributed by atoms with Gasteiger partial charge in [-0.2, -0.15) is 5.26 Å². The van der Waals surface area contributed by atoms with Crippen molar-refractivity contribution in [1.29, 1.82) is 5.26 Å². The zero-order valence-corrected chi connectivity index (χ0v) is 12.7. The minimum Gasteiger partial charge on any atom is -0.496 e. The Morgan fingerprint density at radius 2 is 1.95 bits per heavy atom. The highest BCUT2D eigenvalue weighted by molar-refractivity contribution is 9.10. The molecule has 0 unspecified atom stereocenters. The number of halogens is 1. The van der Waals surface area contributed by atoms with E-state index in [0.717, 1.165) is 42.9 Å². The smallest absolute Gasteiger partial charge is 0.123 e. The van der Waals surface area contributed by atoms with Crippen LogP contribution in [0.3, 0.4) is 0 Å². The van der Waals surface area contributed by atoms with Gasteiger partial charge in [0.25, 0.3) is 0 Å². The molecule has 0 saturated carbocycles. The maximum Gasteiger partial charge on any atom is 0.123 e. The molecule has 1 heterocycles. The van der Waals surface area contributed by atoms with Gasteiger partial charge in [0, 0.05) is 42.8 Å². The van der Waals surface area contributed by atoms with Crippen molar-refractivity contribution in [1.82, 2.24) is 9.80 Å². The fraction of sp³-hybridized carbons (Fsp3) is 0.500. The Bertz CT molecular complexity index is 464. The molecule has 0 atom stereocenters. The molecule has 0 bridgehead atoms. The maximum absolute atomic E-state index is 8.69. The Kier molecular flexibility index (Phi) is 5.20. The minimum atomic E-state index is 0.536. The van der Waals surface area contributed by atoms with Gasteiger partial charge in [-0.15, -0.1) is 0 Å². The molecule has 0 radical (unpaired) electrons. The molecule has 2 rings (SSSR count). The summed E-state index contributed by atoms with van der Waals surface area (Å²) in [6.07, 6.45) is 0. The van der Waals surface area contributed by atoms with Crippen LogP contribution in [-0.4, -0.2) is 49.6 Å². The van der Waals surface area contributed by atoms with Gasteiger partial charge in [-0.05, 0) is 18.2 Å². The average molecular weight is 324 g/mol. The van der Waals surface area contributed by atoms with Crippen molar-refractivity contribution in [2.45, 2.75) is 6.54 Å². The summed E-state index contributed by atoms with van der Waals surface area (Å²) in [5.74, 6) is 0.933. The topological polar surface area (TPSA) is 39.5 Å². The van der Waals surface area contributed by atoms with Crippen LogP contribution in [0.15, 0.2) is 22.7 Å². The predicted octanol–water partition coefficient (Wildman–Crippen LogP) is 2.10. The van der Waals surface area contributed by atoms with Gasteiger partial charge in [-0.3, -0.25) is 9.80 Å². The number of hydrogen-bond acceptors (Lipinski definition) is 4. The van der Waals surface area contributed by atoms with E-state index in [0.29, 0.717) is 6.54 Å². The average Bonchev–Trinajstić information content (AvgIpc) is 2.42. The van der Waals surface area contributed by atoms with Gasteiger partial charge in [0.2, 0.25) is 0 Å². The van der Waals surface area contributed by atoms with Gasteiger partial charge in [0.1, 0.15) is 5.75 Å². The molecule has 4 nitrogen and oxygen atoms in total. The van der Waals surface area contributed by atoms with E-state index >= 15 is 0 Å². The van der Waals surface area contributed by atoms with Crippen LogP contribution < -0.4 is 4.74 Å². The first-order valence-electron chi connectivity index (χ1n) is 6.37. The van der Waals surface area contributed by atoms with E-state index in [-0.39, 0.29) is 0 Å². The quantitative estimate of drug-likeness (QED) is 0.795. The molecule has 1 aliphatic heterocycles. The van der Waals surface area contributed by atoms with E-state index in [4.69, 9.17) is 10.00 Å². The molecule has 1 aromatic rings. The van der Waals surface area contributed by atoms with Gasteiger partial charge in [0.15, 0.2) is 0 Å². The molecular weight excluding hydrogens is 306 g/mol. The van der Waals surface area contributed by atoms with Gasteiger partial charge in [0.05, 0.1) is 19.7 Å².